The quantitative estimate of drug-likeness (QED) is 0.159. The van der Waals surface area contributed by atoms with Crippen LogP contribution in [0.5, 0.6) is 0 Å². The number of rotatable bonds is 2. The van der Waals surface area contributed by atoms with Gasteiger partial charge in [0.05, 0.1) is 17.8 Å². The maximum absolute atomic E-state index is 9.81. The minimum absolute atomic E-state index is 0.0507. The third-order valence-corrected chi connectivity index (χ3v) is 7.71. The summed E-state index contributed by atoms with van der Waals surface area (Å²) in [6.07, 6.45) is 0. The van der Waals surface area contributed by atoms with Crippen molar-refractivity contribution >= 4 is 65.0 Å². The van der Waals surface area contributed by atoms with Crippen LogP contribution in [0.4, 0.5) is 0 Å². The first-order valence-electron chi connectivity index (χ1n) is 19.6. The van der Waals surface area contributed by atoms with Gasteiger partial charge >= 0.3 is 0 Å². The fourth-order valence-electron chi connectivity index (χ4n) is 5.96. The zero-order chi connectivity index (χ0) is 38.2. The summed E-state index contributed by atoms with van der Waals surface area (Å²) in [5, 5.41) is 4.37. The average Bonchev–Trinajstić information content (AvgIpc) is 3.57. The molecule has 1 nitrogen and oxygen atoms in total. The molecule has 1 heteroatoms. The van der Waals surface area contributed by atoms with Crippen molar-refractivity contribution < 1.29 is 22.2 Å². The van der Waals surface area contributed by atoms with Crippen LogP contribution >= 0.6 is 0 Å². The topological polar surface area (TPSA) is 13.1 Å². The van der Waals surface area contributed by atoms with Crippen molar-refractivity contribution in [3.63, 3.8) is 0 Å². The van der Waals surface area contributed by atoms with Gasteiger partial charge in [-0.3, -0.25) is 0 Å². The lowest BCUT2D eigenvalue weighted by atomic mass is 9.87. The molecule has 0 aliphatic heterocycles. The second-order valence-electron chi connectivity index (χ2n) is 9.86. The van der Waals surface area contributed by atoms with Gasteiger partial charge in [0.1, 0.15) is 11.2 Å². The van der Waals surface area contributed by atoms with Gasteiger partial charge in [-0.2, -0.15) is 0 Å². The first kappa shape index (κ1) is 13.3. The van der Waals surface area contributed by atoms with E-state index in [1.165, 1.54) is 0 Å². The Morgan fingerprint density at radius 2 is 1.24 bits per heavy atom. The van der Waals surface area contributed by atoms with E-state index in [1.54, 1.807) is 0 Å². The Bertz CT molecular complexity index is 3170. The molecular formula is C40H24O. The van der Waals surface area contributed by atoms with Crippen molar-refractivity contribution in [3.05, 3.63) is 145 Å². The fourth-order valence-corrected chi connectivity index (χ4v) is 5.96. The Morgan fingerprint density at radius 1 is 0.488 bits per heavy atom. The van der Waals surface area contributed by atoms with Crippen LogP contribution in [0.1, 0.15) is 17.8 Å². The highest BCUT2D eigenvalue weighted by molar-refractivity contribution is 6.27. The lowest BCUT2D eigenvalue weighted by Crippen LogP contribution is -1.88. The summed E-state index contributed by atoms with van der Waals surface area (Å²) >= 11 is 0. The maximum atomic E-state index is 9.81. The van der Waals surface area contributed by atoms with E-state index in [9.17, 15) is 2.74 Å². The van der Waals surface area contributed by atoms with Gasteiger partial charge in [0.25, 0.3) is 0 Å². The van der Waals surface area contributed by atoms with E-state index in [0.717, 1.165) is 21.5 Å². The SMILES string of the molecule is [2H]c1c([2H])c([2H])c(-c2c([2H])c3c(oc4c([2H])c([2H])c([2H])c(-c5c6ccccc6cc6c5ccc5ccccc56)c43)c3c([2H])c([2H])c([2H])c([2H])c23)c([2H])c1[2H]. The van der Waals surface area contributed by atoms with E-state index in [-0.39, 0.29) is 49.9 Å². The highest BCUT2D eigenvalue weighted by Crippen LogP contribution is 2.46. The van der Waals surface area contributed by atoms with Crippen LogP contribution in [0.2, 0.25) is 0 Å². The van der Waals surface area contributed by atoms with Crippen molar-refractivity contribution in [2.45, 2.75) is 0 Å². The molecule has 0 aliphatic carbocycles. The maximum Gasteiger partial charge on any atom is 0.143 e. The molecule has 0 aliphatic rings. The molecular weight excluding hydrogens is 496 g/mol. The highest BCUT2D eigenvalue weighted by atomic mass is 16.3. The van der Waals surface area contributed by atoms with Crippen LogP contribution in [-0.2, 0) is 0 Å². The van der Waals surface area contributed by atoms with Gasteiger partial charge in [-0.1, -0.05) is 127 Å². The van der Waals surface area contributed by atoms with Gasteiger partial charge < -0.3 is 4.42 Å². The molecule has 0 N–H and O–H groups in total. The number of hydrogen-bond donors (Lipinski definition) is 0. The summed E-state index contributed by atoms with van der Waals surface area (Å²) in [4.78, 5) is 0. The van der Waals surface area contributed by atoms with E-state index in [0.29, 0.717) is 16.3 Å². The molecule has 9 aromatic rings. The van der Waals surface area contributed by atoms with Crippen LogP contribution in [0.15, 0.2) is 150 Å². The summed E-state index contributed by atoms with van der Waals surface area (Å²) in [6, 6.07) is 13.5. The van der Waals surface area contributed by atoms with Crippen molar-refractivity contribution in [2.24, 2.45) is 0 Å². The standard InChI is InChI=1S/C40H24O/c1-2-11-25(12-3-1)34-24-36-39-33(19-10-20-37(39)41-40(36)32-18-9-8-17-30(32)34)38-29-16-7-5-14-27(29)23-35-28-15-6-4-13-26(28)21-22-31(35)38/h1-24H/i1D,2D,3D,8D,9D,10D,11D,12D,17D,18D,19D,20D,24D. The van der Waals surface area contributed by atoms with Gasteiger partial charge in [0.2, 0.25) is 0 Å². The Hall–Kier alpha value is -5.40. The van der Waals surface area contributed by atoms with E-state index >= 15 is 0 Å². The number of furan rings is 1. The van der Waals surface area contributed by atoms with Gasteiger partial charge in [0, 0.05) is 16.2 Å². The molecule has 0 amide bonds. The average molecular weight is 534 g/mol. The normalized spacial score (nSPS) is 16.3. The van der Waals surface area contributed by atoms with Gasteiger partial charge in [-0.25, -0.2) is 0 Å². The molecule has 41 heavy (non-hydrogen) atoms. The first-order chi connectivity index (χ1) is 25.8. The van der Waals surface area contributed by atoms with Crippen LogP contribution in [0.25, 0.3) is 87.3 Å². The van der Waals surface area contributed by atoms with E-state index in [1.807, 2.05) is 66.7 Å². The third-order valence-electron chi connectivity index (χ3n) is 7.71. The van der Waals surface area contributed by atoms with Crippen molar-refractivity contribution in [1.29, 1.82) is 0 Å². The minimum Gasteiger partial charge on any atom is -0.455 e. The Kier molecular flexibility index (Phi) is 2.77. The first-order valence-corrected chi connectivity index (χ1v) is 13.1. The van der Waals surface area contributed by atoms with E-state index in [4.69, 9.17) is 19.5 Å². The van der Waals surface area contributed by atoms with Gasteiger partial charge in [-0.15, -0.1) is 0 Å². The highest BCUT2D eigenvalue weighted by Gasteiger charge is 2.20. The number of benzene rings is 8. The molecule has 190 valence electrons. The van der Waals surface area contributed by atoms with Crippen LogP contribution in [0.3, 0.4) is 0 Å². The zero-order valence-electron chi connectivity index (χ0n) is 34.3. The largest absolute Gasteiger partial charge is 0.455 e. The predicted molar refractivity (Wildman–Crippen MR) is 175 cm³/mol. The lowest BCUT2D eigenvalue weighted by Gasteiger charge is -2.15. The third kappa shape index (κ3) is 3.24. The molecule has 0 bridgehead atoms. The molecule has 0 spiro atoms. The lowest BCUT2D eigenvalue weighted by molar-refractivity contribution is 0.673. The molecule has 0 radical (unpaired) electrons. The second-order valence-corrected chi connectivity index (χ2v) is 9.86. The summed E-state index contributed by atoms with van der Waals surface area (Å²) in [7, 11) is 0. The Labute approximate surface area is 255 Å². The summed E-state index contributed by atoms with van der Waals surface area (Å²) in [6.45, 7) is 0. The molecule has 0 atom stereocenters. The van der Waals surface area contributed by atoms with Crippen LogP contribution in [0, 0.1) is 0 Å². The summed E-state index contributed by atoms with van der Waals surface area (Å²) in [5.74, 6) is 0. The summed E-state index contributed by atoms with van der Waals surface area (Å²) < 4.78 is 122. The molecule has 9 rings (SSSR count). The van der Waals surface area contributed by atoms with Crippen molar-refractivity contribution in [2.75, 3.05) is 0 Å². The second kappa shape index (κ2) is 8.55. The molecule has 0 saturated heterocycles. The molecule has 8 aromatic carbocycles. The van der Waals surface area contributed by atoms with Gasteiger partial charge in [0.15, 0.2) is 0 Å². The van der Waals surface area contributed by atoms with E-state index in [2.05, 4.69) is 0 Å². The number of fused-ring (bicyclic) bond motifs is 9. The molecule has 1 aromatic heterocycles. The smallest absolute Gasteiger partial charge is 0.143 e. The molecule has 1 heterocycles. The molecule has 0 saturated carbocycles. The monoisotopic (exact) mass is 533 g/mol. The minimum atomic E-state index is -0.701. The Balaban J connectivity index is 1.61. The molecule has 0 unspecified atom stereocenters. The van der Waals surface area contributed by atoms with Crippen molar-refractivity contribution in [1.82, 2.24) is 0 Å². The van der Waals surface area contributed by atoms with Gasteiger partial charge in [-0.05, 0) is 78.1 Å². The number of hydrogen-bond acceptors (Lipinski definition) is 1. The van der Waals surface area contributed by atoms with Crippen LogP contribution < -0.4 is 0 Å². The van der Waals surface area contributed by atoms with Crippen molar-refractivity contribution in [3.8, 4) is 22.3 Å². The molecule has 0 fully saturated rings. The Morgan fingerprint density at radius 3 is 2.12 bits per heavy atom. The zero-order valence-corrected chi connectivity index (χ0v) is 21.3. The predicted octanol–water partition coefficient (Wildman–Crippen LogP) is 11.5. The van der Waals surface area contributed by atoms with Crippen LogP contribution in [-0.4, -0.2) is 0 Å². The summed E-state index contributed by atoms with van der Waals surface area (Å²) in [5.41, 5.74) is -0.570. The fraction of sp³-hybridized carbons (Fsp3) is 0. The van der Waals surface area contributed by atoms with E-state index < -0.39 is 78.1 Å².